The summed E-state index contributed by atoms with van der Waals surface area (Å²) in [7, 11) is -3.81. The molecule has 0 aliphatic rings. The van der Waals surface area contributed by atoms with Gasteiger partial charge in [0.25, 0.3) is 5.91 Å². The number of H-pyrrole nitrogens is 1. The van der Waals surface area contributed by atoms with E-state index in [9.17, 15) is 13.2 Å². The fourth-order valence-corrected chi connectivity index (χ4v) is 4.01. The van der Waals surface area contributed by atoms with Crippen LogP contribution in [0.2, 0.25) is 5.02 Å². The Hall–Kier alpha value is -3.59. The minimum absolute atomic E-state index is 0.00376. The topological polar surface area (TPSA) is 131 Å². The van der Waals surface area contributed by atoms with Crippen LogP contribution >= 0.6 is 11.6 Å². The monoisotopic (exact) mass is 466 g/mol. The van der Waals surface area contributed by atoms with E-state index in [0.717, 1.165) is 0 Å². The maximum atomic E-state index is 12.9. The first-order chi connectivity index (χ1) is 15.2. The third kappa shape index (κ3) is 4.67. The van der Waals surface area contributed by atoms with Gasteiger partial charge in [-0.25, -0.2) is 13.6 Å². The molecule has 0 saturated heterocycles. The normalized spacial score (nSPS) is 11.3. The van der Waals surface area contributed by atoms with Crippen LogP contribution in [0.5, 0.6) is 0 Å². The summed E-state index contributed by atoms with van der Waals surface area (Å²) in [5, 5.41) is 8.51. The van der Waals surface area contributed by atoms with E-state index in [1.54, 1.807) is 60.8 Å². The summed E-state index contributed by atoms with van der Waals surface area (Å²) < 4.78 is 23.2. The molecule has 0 atom stereocenters. The summed E-state index contributed by atoms with van der Waals surface area (Å²) in [4.78, 5) is 15.9. The molecule has 0 saturated carbocycles. The highest BCUT2D eigenvalue weighted by atomic mass is 35.5. The number of nitrogens with two attached hydrogens (primary N) is 2. The number of primary sulfonamides is 1. The van der Waals surface area contributed by atoms with Crippen molar-refractivity contribution in [3.63, 3.8) is 0 Å². The summed E-state index contributed by atoms with van der Waals surface area (Å²) in [6, 6.07) is 20.1. The number of carbonyl (C=O) groups is 1. The van der Waals surface area contributed by atoms with Crippen LogP contribution in [0.3, 0.4) is 0 Å². The minimum atomic E-state index is -3.81. The zero-order valence-electron chi connectivity index (χ0n) is 16.7. The zero-order chi connectivity index (χ0) is 22.9. The first kappa shape index (κ1) is 21.6. The van der Waals surface area contributed by atoms with Gasteiger partial charge in [0.1, 0.15) is 5.82 Å². The molecule has 7 nitrogen and oxygen atoms in total. The van der Waals surface area contributed by atoms with Crippen molar-refractivity contribution in [3.8, 4) is 22.3 Å². The van der Waals surface area contributed by atoms with Crippen molar-refractivity contribution < 1.29 is 13.2 Å². The van der Waals surface area contributed by atoms with Crippen LogP contribution in [-0.2, 0) is 10.0 Å². The summed E-state index contributed by atoms with van der Waals surface area (Å²) in [6.45, 7) is 0. The van der Waals surface area contributed by atoms with E-state index >= 15 is 0 Å². The van der Waals surface area contributed by atoms with E-state index in [1.807, 2.05) is 6.07 Å². The van der Waals surface area contributed by atoms with Gasteiger partial charge in [0.05, 0.1) is 4.90 Å². The number of aromatic amines is 1. The molecule has 162 valence electrons. The van der Waals surface area contributed by atoms with Gasteiger partial charge in [-0.2, -0.15) is 0 Å². The van der Waals surface area contributed by atoms with Crippen molar-refractivity contribution in [2.45, 2.75) is 4.90 Å². The number of anilines is 2. The predicted octanol–water partition coefficient (Wildman–Crippen LogP) is 4.48. The largest absolute Gasteiger partial charge is 0.398 e. The van der Waals surface area contributed by atoms with Crippen LogP contribution in [0, 0.1) is 0 Å². The molecule has 0 unspecified atom stereocenters. The van der Waals surface area contributed by atoms with Crippen molar-refractivity contribution in [1.82, 2.24) is 4.98 Å². The van der Waals surface area contributed by atoms with Gasteiger partial charge in [-0.1, -0.05) is 29.8 Å². The molecule has 0 aliphatic carbocycles. The molecule has 1 heterocycles. The fraction of sp³-hybridized carbons (Fsp3) is 0. The molecule has 32 heavy (non-hydrogen) atoms. The van der Waals surface area contributed by atoms with Crippen molar-refractivity contribution in [1.29, 1.82) is 0 Å². The number of hydrogen-bond acceptors (Lipinski definition) is 4. The van der Waals surface area contributed by atoms with Crippen LogP contribution in [0.4, 0.5) is 11.5 Å². The van der Waals surface area contributed by atoms with E-state index in [1.165, 1.54) is 12.1 Å². The lowest BCUT2D eigenvalue weighted by Gasteiger charge is -2.13. The lowest BCUT2D eigenvalue weighted by molar-refractivity contribution is 0.102. The Morgan fingerprint density at radius 1 is 0.906 bits per heavy atom. The van der Waals surface area contributed by atoms with Gasteiger partial charge in [-0.3, -0.25) is 4.79 Å². The molecular formula is C23H19ClN4O3S. The van der Waals surface area contributed by atoms with Gasteiger partial charge < -0.3 is 16.0 Å². The Balaban J connectivity index is 1.82. The average molecular weight is 467 g/mol. The molecular weight excluding hydrogens is 448 g/mol. The summed E-state index contributed by atoms with van der Waals surface area (Å²) in [6.07, 6.45) is 1.71. The molecule has 9 heteroatoms. The Morgan fingerprint density at radius 3 is 2.25 bits per heavy atom. The van der Waals surface area contributed by atoms with Crippen molar-refractivity contribution >= 4 is 39.0 Å². The van der Waals surface area contributed by atoms with Crippen LogP contribution in [0.25, 0.3) is 22.3 Å². The van der Waals surface area contributed by atoms with E-state index in [2.05, 4.69) is 10.3 Å². The van der Waals surface area contributed by atoms with Gasteiger partial charge in [0.15, 0.2) is 0 Å². The smallest absolute Gasteiger partial charge is 0.256 e. The zero-order valence-corrected chi connectivity index (χ0v) is 18.2. The van der Waals surface area contributed by atoms with Crippen LogP contribution in [0.1, 0.15) is 10.4 Å². The van der Waals surface area contributed by atoms with E-state index in [4.69, 9.17) is 22.5 Å². The van der Waals surface area contributed by atoms with E-state index < -0.39 is 10.0 Å². The Bertz CT molecular complexity index is 1400. The molecule has 1 amide bonds. The highest BCUT2D eigenvalue weighted by Gasteiger charge is 2.14. The molecule has 0 fully saturated rings. The quantitative estimate of drug-likeness (QED) is 0.323. The number of carbonyl (C=O) groups excluding carboxylic acids is 1. The molecule has 0 bridgehead atoms. The third-order valence-electron chi connectivity index (χ3n) is 4.88. The predicted molar refractivity (Wildman–Crippen MR) is 127 cm³/mol. The minimum Gasteiger partial charge on any atom is -0.398 e. The number of amides is 1. The van der Waals surface area contributed by atoms with Crippen LogP contribution in [-0.4, -0.2) is 19.3 Å². The summed E-state index contributed by atoms with van der Waals surface area (Å²) in [5.74, 6) is 0.245. The van der Waals surface area contributed by atoms with Crippen LogP contribution in [0.15, 0.2) is 83.9 Å². The number of aromatic nitrogens is 1. The molecule has 6 N–H and O–H groups in total. The average Bonchev–Trinajstić information content (AvgIpc) is 3.26. The van der Waals surface area contributed by atoms with Gasteiger partial charge in [-0.15, -0.1) is 0 Å². The highest BCUT2D eigenvalue weighted by molar-refractivity contribution is 7.89. The summed E-state index contributed by atoms with van der Waals surface area (Å²) in [5.41, 5.74) is 9.88. The molecule has 4 rings (SSSR count). The molecule has 1 aromatic heterocycles. The van der Waals surface area contributed by atoms with Crippen molar-refractivity contribution in [2.24, 2.45) is 5.14 Å². The van der Waals surface area contributed by atoms with Crippen LogP contribution < -0.4 is 16.2 Å². The molecule has 3 aromatic carbocycles. The lowest BCUT2D eigenvalue weighted by Crippen LogP contribution is -2.12. The second kappa shape index (κ2) is 8.51. The lowest BCUT2D eigenvalue weighted by atomic mass is 9.95. The van der Waals surface area contributed by atoms with Gasteiger partial charge in [0.2, 0.25) is 10.0 Å². The van der Waals surface area contributed by atoms with Gasteiger partial charge in [0, 0.05) is 28.0 Å². The van der Waals surface area contributed by atoms with E-state index in [-0.39, 0.29) is 10.8 Å². The van der Waals surface area contributed by atoms with Gasteiger partial charge in [-0.05, 0) is 71.3 Å². The van der Waals surface area contributed by atoms with Crippen molar-refractivity contribution in [2.75, 3.05) is 11.1 Å². The third-order valence-corrected chi connectivity index (χ3v) is 6.05. The standard InChI is InChI=1S/C23H19ClN4O3S/c24-18-5-8-20(21(25)13-18)16-10-15(14-3-6-19(7-4-14)32(26,30)31)11-17(12-16)23(29)28-22-2-1-9-27-22/h1-13,27H,25H2,(H,28,29)(H2,26,30,31). The first-order valence-electron chi connectivity index (χ1n) is 9.49. The number of halogens is 1. The molecule has 0 spiro atoms. The molecule has 0 aliphatic heterocycles. The number of nitrogens with one attached hydrogen (secondary N) is 2. The SMILES string of the molecule is Nc1cc(Cl)ccc1-c1cc(C(=O)Nc2ccc[nH]2)cc(-c2ccc(S(N)(=O)=O)cc2)c1. The Kier molecular flexibility index (Phi) is 5.75. The number of rotatable bonds is 5. The Morgan fingerprint density at radius 2 is 1.62 bits per heavy atom. The number of hydrogen-bond donors (Lipinski definition) is 4. The number of sulfonamides is 1. The fourth-order valence-electron chi connectivity index (χ4n) is 3.32. The van der Waals surface area contributed by atoms with Gasteiger partial charge >= 0.3 is 0 Å². The first-order valence-corrected chi connectivity index (χ1v) is 11.4. The second-order valence-electron chi connectivity index (χ2n) is 7.14. The second-order valence-corrected chi connectivity index (χ2v) is 9.14. The summed E-state index contributed by atoms with van der Waals surface area (Å²) >= 11 is 6.04. The Labute approximate surface area is 190 Å². The number of nitrogen functional groups attached to an aromatic ring is 1. The maximum absolute atomic E-state index is 12.9. The van der Waals surface area contributed by atoms with E-state index in [0.29, 0.717) is 44.3 Å². The molecule has 0 radical (unpaired) electrons. The molecule has 4 aromatic rings. The van der Waals surface area contributed by atoms with Crippen molar-refractivity contribution in [3.05, 3.63) is 89.6 Å². The maximum Gasteiger partial charge on any atom is 0.256 e. The number of benzene rings is 3. The highest BCUT2D eigenvalue weighted by Crippen LogP contribution is 2.33.